The van der Waals surface area contributed by atoms with Gasteiger partial charge in [-0.05, 0) is 51.5 Å². The lowest BCUT2D eigenvalue weighted by Crippen LogP contribution is -2.28. The Bertz CT molecular complexity index is 282. The maximum Gasteiger partial charge on any atom is 0.0843 e. The number of thiophene rings is 1. The van der Waals surface area contributed by atoms with Gasteiger partial charge in [0.05, 0.1) is 3.79 Å². The first-order valence-electron chi connectivity index (χ1n) is 4.96. The molecular weight excluding hydrogens is 340 g/mol. The number of hydrogen-bond donors (Lipinski definition) is 1. The van der Waals surface area contributed by atoms with Gasteiger partial charge < -0.3 is 10.2 Å². The number of likely N-dealkylation sites (N-methyl/N-ethyl adjacent to an activating group) is 1. The van der Waals surface area contributed by atoms with Crippen molar-refractivity contribution < 1.29 is 0 Å². The van der Waals surface area contributed by atoms with Crippen molar-refractivity contribution in [1.82, 2.24) is 10.2 Å². The third-order valence-corrected chi connectivity index (χ3v) is 5.46. The molecule has 0 fully saturated rings. The highest BCUT2D eigenvalue weighted by Gasteiger charge is 2.03. The largest absolute Gasteiger partial charge is 0.311 e. The summed E-state index contributed by atoms with van der Waals surface area (Å²) in [4.78, 5) is 3.65. The molecular formula is C10H16Br2N2S. The molecule has 0 aliphatic rings. The fourth-order valence-electron chi connectivity index (χ4n) is 1.12. The summed E-state index contributed by atoms with van der Waals surface area (Å²) in [6.07, 6.45) is 0. The van der Waals surface area contributed by atoms with E-state index in [2.05, 4.69) is 62.1 Å². The van der Waals surface area contributed by atoms with Crippen molar-refractivity contribution in [1.29, 1.82) is 0 Å². The third-order valence-electron chi connectivity index (χ3n) is 2.21. The quantitative estimate of drug-likeness (QED) is 0.787. The Labute approximate surface area is 112 Å². The van der Waals surface area contributed by atoms with Crippen LogP contribution in [0.25, 0.3) is 0 Å². The molecule has 5 heteroatoms. The van der Waals surface area contributed by atoms with Gasteiger partial charge in [0.25, 0.3) is 0 Å². The van der Waals surface area contributed by atoms with Crippen LogP contribution in [0, 0.1) is 0 Å². The van der Waals surface area contributed by atoms with Crippen LogP contribution in [0.3, 0.4) is 0 Å². The van der Waals surface area contributed by atoms with Gasteiger partial charge in [-0.3, -0.25) is 0 Å². The van der Waals surface area contributed by atoms with E-state index in [9.17, 15) is 0 Å². The Balaban J connectivity index is 2.20. The molecule has 1 aromatic rings. The second-order valence-electron chi connectivity index (χ2n) is 3.41. The molecule has 0 amide bonds. The molecule has 15 heavy (non-hydrogen) atoms. The Morgan fingerprint density at radius 2 is 2.20 bits per heavy atom. The van der Waals surface area contributed by atoms with E-state index in [1.54, 1.807) is 11.3 Å². The first-order valence-corrected chi connectivity index (χ1v) is 7.36. The summed E-state index contributed by atoms with van der Waals surface area (Å²) in [7, 11) is 2.14. The molecule has 0 aromatic carbocycles. The van der Waals surface area contributed by atoms with E-state index in [0.717, 1.165) is 30.7 Å². The van der Waals surface area contributed by atoms with Gasteiger partial charge >= 0.3 is 0 Å². The standard InChI is InChI=1S/C10H16Br2N2S/c1-3-14(2)5-4-13-7-8-6-9(11)10(12)15-8/h6,13H,3-5,7H2,1-2H3. The maximum absolute atomic E-state index is 3.50. The van der Waals surface area contributed by atoms with E-state index < -0.39 is 0 Å². The van der Waals surface area contributed by atoms with Crippen molar-refractivity contribution in [3.05, 3.63) is 19.2 Å². The van der Waals surface area contributed by atoms with Crippen molar-refractivity contribution in [3.63, 3.8) is 0 Å². The summed E-state index contributed by atoms with van der Waals surface area (Å²) in [5.74, 6) is 0. The smallest absolute Gasteiger partial charge is 0.0843 e. The fraction of sp³-hybridized carbons (Fsp3) is 0.600. The molecule has 1 rings (SSSR count). The molecule has 2 nitrogen and oxygen atoms in total. The second kappa shape index (κ2) is 7.01. The van der Waals surface area contributed by atoms with Crippen LogP contribution in [0.1, 0.15) is 11.8 Å². The van der Waals surface area contributed by atoms with Crippen LogP contribution in [-0.2, 0) is 6.54 Å². The monoisotopic (exact) mass is 354 g/mol. The Hall–Kier alpha value is 0.580. The summed E-state index contributed by atoms with van der Waals surface area (Å²) in [6.45, 7) is 6.37. The molecule has 0 unspecified atom stereocenters. The van der Waals surface area contributed by atoms with Crippen molar-refractivity contribution in [3.8, 4) is 0 Å². The minimum atomic E-state index is 0.951. The Morgan fingerprint density at radius 3 is 2.73 bits per heavy atom. The van der Waals surface area contributed by atoms with Gasteiger partial charge in [0.2, 0.25) is 0 Å². The van der Waals surface area contributed by atoms with Gasteiger partial charge in [0.1, 0.15) is 0 Å². The Morgan fingerprint density at radius 1 is 1.47 bits per heavy atom. The minimum Gasteiger partial charge on any atom is -0.311 e. The predicted octanol–water partition coefficient (Wildman–Crippen LogP) is 3.31. The van der Waals surface area contributed by atoms with Gasteiger partial charge in [-0.25, -0.2) is 0 Å². The number of rotatable bonds is 6. The molecule has 86 valence electrons. The molecule has 0 bridgehead atoms. The highest BCUT2D eigenvalue weighted by molar-refractivity contribution is 9.13. The molecule has 0 radical (unpaired) electrons. The van der Waals surface area contributed by atoms with Gasteiger partial charge in [-0.1, -0.05) is 6.92 Å². The highest BCUT2D eigenvalue weighted by Crippen LogP contribution is 2.32. The lowest BCUT2D eigenvalue weighted by molar-refractivity contribution is 0.349. The van der Waals surface area contributed by atoms with Gasteiger partial charge in [-0.15, -0.1) is 11.3 Å². The molecule has 0 atom stereocenters. The zero-order valence-electron chi connectivity index (χ0n) is 9.02. The van der Waals surface area contributed by atoms with Crippen LogP contribution < -0.4 is 5.32 Å². The summed E-state index contributed by atoms with van der Waals surface area (Å²) >= 11 is 8.75. The molecule has 0 aliphatic heterocycles. The lowest BCUT2D eigenvalue weighted by atomic mass is 10.4. The van der Waals surface area contributed by atoms with E-state index in [1.807, 2.05) is 0 Å². The van der Waals surface area contributed by atoms with Crippen LogP contribution in [0.15, 0.2) is 14.3 Å². The number of halogens is 2. The summed E-state index contributed by atoms with van der Waals surface area (Å²) in [5.41, 5.74) is 0. The van der Waals surface area contributed by atoms with E-state index in [0.29, 0.717) is 0 Å². The third kappa shape index (κ3) is 4.95. The van der Waals surface area contributed by atoms with Crippen LogP contribution in [0.5, 0.6) is 0 Å². The fourth-order valence-corrected chi connectivity index (χ4v) is 3.26. The SMILES string of the molecule is CCN(C)CCNCc1cc(Br)c(Br)s1. The minimum absolute atomic E-state index is 0.951. The van der Waals surface area contributed by atoms with Gasteiger partial charge in [0.15, 0.2) is 0 Å². The van der Waals surface area contributed by atoms with Crippen LogP contribution in [0.2, 0.25) is 0 Å². The van der Waals surface area contributed by atoms with Crippen LogP contribution in [0.4, 0.5) is 0 Å². The van der Waals surface area contributed by atoms with E-state index >= 15 is 0 Å². The predicted molar refractivity (Wildman–Crippen MR) is 74.6 cm³/mol. The second-order valence-corrected chi connectivity index (χ2v) is 6.72. The summed E-state index contributed by atoms with van der Waals surface area (Å²) in [6, 6.07) is 2.16. The molecule has 0 aliphatic carbocycles. The van der Waals surface area contributed by atoms with Crippen molar-refractivity contribution in [2.24, 2.45) is 0 Å². The number of hydrogen-bond acceptors (Lipinski definition) is 3. The van der Waals surface area contributed by atoms with Crippen molar-refractivity contribution in [2.45, 2.75) is 13.5 Å². The average molecular weight is 356 g/mol. The van der Waals surface area contributed by atoms with Crippen molar-refractivity contribution in [2.75, 3.05) is 26.7 Å². The average Bonchev–Trinajstić information content (AvgIpc) is 2.53. The van der Waals surface area contributed by atoms with Gasteiger partial charge in [-0.2, -0.15) is 0 Å². The zero-order chi connectivity index (χ0) is 11.3. The molecule has 1 heterocycles. The molecule has 0 saturated carbocycles. The first kappa shape index (κ1) is 13.6. The molecule has 0 saturated heterocycles. The number of nitrogens with one attached hydrogen (secondary N) is 1. The summed E-state index contributed by atoms with van der Waals surface area (Å²) in [5, 5.41) is 3.43. The molecule has 0 spiro atoms. The van der Waals surface area contributed by atoms with Crippen molar-refractivity contribution >= 4 is 43.2 Å². The first-order chi connectivity index (χ1) is 7.13. The highest BCUT2D eigenvalue weighted by atomic mass is 79.9. The number of nitrogens with zero attached hydrogens (tertiary/aromatic N) is 1. The summed E-state index contributed by atoms with van der Waals surface area (Å²) < 4.78 is 2.32. The normalized spacial score (nSPS) is 11.3. The van der Waals surface area contributed by atoms with Gasteiger partial charge in [0, 0.05) is 29.0 Å². The lowest BCUT2D eigenvalue weighted by Gasteiger charge is -2.13. The maximum atomic E-state index is 3.50. The topological polar surface area (TPSA) is 15.3 Å². The van der Waals surface area contributed by atoms with Crippen LogP contribution >= 0.6 is 43.2 Å². The Kier molecular flexibility index (Phi) is 6.38. The van der Waals surface area contributed by atoms with Crippen LogP contribution in [-0.4, -0.2) is 31.6 Å². The van der Waals surface area contributed by atoms with E-state index in [1.165, 1.54) is 8.66 Å². The zero-order valence-corrected chi connectivity index (χ0v) is 13.0. The molecule has 1 N–H and O–H groups in total. The van der Waals surface area contributed by atoms with E-state index in [-0.39, 0.29) is 0 Å². The van der Waals surface area contributed by atoms with E-state index in [4.69, 9.17) is 0 Å². The molecule has 1 aromatic heterocycles.